The number of hydrogen-bond donors (Lipinski definition) is 2. The summed E-state index contributed by atoms with van der Waals surface area (Å²) in [6.07, 6.45) is 1.85. The van der Waals surface area contributed by atoms with E-state index in [-0.39, 0.29) is 18.4 Å². The van der Waals surface area contributed by atoms with Gasteiger partial charge in [-0.25, -0.2) is 0 Å². The molecule has 1 atom stereocenters. The first-order chi connectivity index (χ1) is 8.75. The maximum absolute atomic E-state index is 11.7. The zero-order valence-corrected chi connectivity index (χ0v) is 10.0. The Morgan fingerprint density at radius 1 is 1.22 bits per heavy atom. The van der Waals surface area contributed by atoms with E-state index in [2.05, 4.69) is 5.32 Å². The average Bonchev–Trinajstić information content (AvgIpc) is 2.90. The third kappa shape index (κ3) is 3.46. The number of rotatable bonds is 5. The molecule has 3 N–H and O–H groups in total. The van der Waals surface area contributed by atoms with Gasteiger partial charge in [0.25, 0.3) is 0 Å². The summed E-state index contributed by atoms with van der Waals surface area (Å²) in [6.45, 7) is 0.396. The number of nitrogens with one attached hydrogen (secondary N) is 1. The fourth-order valence-electron chi connectivity index (χ4n) is 1.69. The molecule has 4 nitrogen and oxygen atoms in total. The Bertz CT molecular complexity index is 480. The minimum absolute atomic E-state index is 0.0808. The van der Waals surface area contributed by atoms with E-state index in [9.17, 15) is 4.79 Å². The van der Waals surface area contributed by atoms with Crippen LogP contribution in [0.2, 0.25) is 0 Å². The Balaban J connectivity index is 1.80. The van der Waals surface area contributed by atoms with Gasteiger partial charge in [0.15, 0.2) is 0 Å². The van der Waals surface area contributed by atoms with Crippen molar-refractivity contribution >= 4 is 5.91 Å². The number of hydrogen-bond acceptors (Lipinski definition) is 3. The second-order valence-electron chi connectivity index (χ2n) is 4.08. The van der Waals surface area contributed by atoms with E-state index < -0.39 is 0 Å². The smallest absolute Gasteiger partial charge is 0.222 e. The lowest BCUT2D eigenvalue weighted by Gasteiger charge is -2.11. The van der Waals surface area contributed by atoms with Crippen LogP contribution in [-0.2, 0) is 11.3 Å². The van der Waals surface area contributed by atoms with Gasteiger partial charge in [-0.1, -0.05) is 30.3 Å². The van der Waals surface area contributed by atoms with E-state index in [0.29, 0.717) is 6.54 Å². The van der Waals surface area contributed by atoms with Gasteiger partial charge in [0.05, 0.1) is 12.8 Å². The summed E-state index contributed by atoms with van der Waals surface area (Å²) in [5.41, 5.74) is 6.92. The van der Waals surface area contributed by atoms with Crippen LogP contribution in [0.15, 0.2) is 53.1 Å². The first kappa shape index (κ1) is 12.4. The highest BCUT2D eigenvalue weighted by atomic mass is 16.3. The lowest BCUT2D eigenvalue weighted by Crippen LogP contribution is -2.26. The maximum atomic E-state index is 11.7. The second-order valence-corrected chi connectivity index (χ2v) is 4.08. The molecule has 0 bridgehead atoms. The topological polar surface area (TPSA) is 68.3 Å². The summed E-state index contributed by atoms with van der Waals surface area (Å²) in [5.74, 6) is 0.652. The predicted octanol–water partition coefficient (Wildman–Crippen LogP) is 1.99. The molecule has 0 radical (unpaired) electrons. The average molecular weight is 244 g/mol. The zero-order valence-electron chi connectivity index (χ0n) is 10.0. The molecule has 1 amide bonds. The van der Waals surface area contributed by atoms with E-state index in [0.717, 1.165) is 11.3 Å². The van der Waals surface area contributed by atoms with Gasteiger partial charge in [-0.3, -0.25) is 4.79 Å². The summed E-state index contributed by atoms with van der Waals surface area (Å²) in [6, 6.07) is 12.9. The third-order valence-electron chi connectivity index (χ3n) is 2.67. The highest BCUT2D eigenvalue weighted by Crippen LogP contribution is 2.13. The van der Waals surface area contributed by atoms with Crippen molar-refractivity contribution in [3.8, 4) is 0 Å². The summed E-state index contributed by atoms with van der Waals surface area (Å²) >= 11 is 0. The molecule has 2 aromatic rings. The Hall–Kier alpha value is -2.07. The van der Waals surface area contributed by atoms with Crippen LogP contribution in [0.5, 0.6) is 0 Å². The Kier molecular flexibility index (Phi) is 4.15. The number of amides is 1. The van der Waals surface area contributed by atoms with Crippen molar-refractivity contribution in [3.63, 3.8) is 0 Å². The third-order valence-corrected chi connectivity index (χ3v) is 2.67. The fourth-order valence-corrected chi connectivity index (χ4v) is 1.69. The molecule has 1 aromatic carbocycles. The number of carbonyl (C=O) groups is 1. The van der Waals surface area contributed by atoms with Crippen molar-refractivity contribution in [2.45, 2.75) is 19.0 Å². The molecule has 4 heteroatoms. The largest absolute Gasteiger partial charge is 0.467 e. The van der Waals surface area contributed by atoms with Crippen LogP contribution in [0.25, 0.3) is 0 Å². The molecule has 0 fully saturated rings. The van der Waals surface area contributed by atoms with Crippen molar-refractivity contribution in [3.05, 3.63) is 60.1 Å². The number of nitrogens with two attached hydrogens (primary N) is 1. The van der Waals surface area contributed by atoms with E-state index in [4.69, 9.17) is 10.2 Å². The summed E-state index contributed by atoms with van der Waals surface area (Å²) in [4.78, 5) is 11.7. The van der Waals surface area contributed by atoms with Gasteiger partial charge < -0.3 is 15.5 Å². The van der Waals surface area contributed by atoms with Crippen LogP contribution in [0, 0.1) is 0 Å². The van der Waals surface area contributed by atoms with E-state index in [1.807, 2.05) is 36.4 Å². The van der Waals surface area contributed by atoms with Gasteiger partial charge in [0.1, 0.15) is 5.76 Å². The van der Waals surface area contributed by atoms with Gasteiger partial charge in [-0.2, -0.15) is 0 Å². The maximum Gasteiger partial charge on any atom is 0.222 e. The lowest BCUT2D eigenvalue weighted by molar-refractivity contribution is -0.121. The molecule has 0 saturated carbocycles. The van der Waals surface area contributed by atoms with Crippen LogP contribution >= 0.6 is 0 Å². The van der Waals surface area contributed by atoms with Gasteiger partial charge in [-0.15, -0.1) is 0 Å². The van der Waals surface area contributed by atoms with Crippen LogP contribution in [0.3, 0.4) is 0 Å². The first-order valence-electron chi connectivity index (χ1n) is 5.85. The zero-order chi connectivity index (χ0) is 12.8. The predicted molar refractivity (Wildman–Crippen MR) is 68.5 cm³/mol. The summed E-state index contributed by atoms with van der Waals surface area (Å²) < 4.78 is 5.13. The van der Waals surface area contributed by atoms with Crippen LogP contribution in [-0.4, -0.2) is 5.91 Å². The molecule has 0 aliphatic carbocycles. The highest BCUT2D eigenvalue weighted by molar-refractivity contribution is 5.76. The number of furan rings is 1. The molecule has 1 unspecified atom stereocenters. The van der Waals surface area contributed by atoms with Gasteiger partial charge in [0.2, 0.25) is 5.91 Å². The van der Waals surface area contributed by atoms with Crippen molar-refractivity contribution in [2.24, 2.45) is 5.73 Å². The van der Waals surface area contributed by atoms with Crippen molar-refractivity contribution in [2.75, 3.05) is 0 Å². The molecule has 0 saturated heterocycles. The van der Waals surface area contributed by atoms with Crippen LogP contribution < -0.4 is 11.1 Å². The first-order valence-corrected chi connectivity index (χ1v) is 5.85. The molecule has 0 aliphatic rings. The van der Waals surface area contributed by atoms with Gasteiger partial charge >= 0.3 is 0 Å². The van der Waals surface area contributed by atoms with E-state index in [1.54, 1.807) is 12.3 Å². The Labute approximate surface area is 106 Å². The van der Waals surface area contributed by atoms with Crippen molar-refractivity contribution in [1.82, 2.24) is 5.32 Å². The molecule has 1 aromatic heterocycles. The SMILES string of the molecule is NC(CC(=O)NCc1ccco1)c1ccccc1. The van der Waals surface area contributed by atoms with Crippen LogP contribution in [0.1, 0.15) is 23.8 Å². The van der Waals surface area contributed by atoms with Crippen LogP contribution in [0.4, 0.5) is 0 Å². The van der Waals surface area contributed by atoms with Gasteiger partial charge in [0, 0.05) is 12.5 Å². The number of carbonyl (C=O) groups excluding carboxylic acids is 1. The number of benzene rings is 1. The van der Waals surface area contributed by atoms with E-state index in [1.165, 1.54) is 0 Å². The molecule has 0 spiro atoms. The Morgan fingerprint density at radius 3 is 2.67 bits per heavy atom. The van der Waals surface area contributed by atoms with Crippen molar-refractivity contribution in [1.29, 1.82) is 0 Å². The molecule has 1 heterocycles. The molecule has 18 heavy (non-hydrogen) atoms. The van der Waals surface area contributed by atoms with Gasteiger partial charge in [-0.05, 0) is 17.7 Å². The minimum atomic E-state index is -0.275. The minimum Gasteiger partial charge on any atom is -0.467 e. The van der Waals surface area contributed by atoms with E-state index >= 15 is 0 Å². The second kappa shape index (κ2) is 6.02. The molecule has 94 valence electrons. The normalized spacial score (nSPS) is 12.1. The standard InChI is InChI=1S/C14H16N2O2/c15-13(11-5-2-1-3-6-11)9-14(17)16-10-12-7-4-8-18-12/h1-8,13H,9-10,15H2,(H,16,17). The lowest BCUT2D eigenvalue weighted by atomic mass is 10.0. The quantitative estimate of drug-likeness (QED) is 0.845. The Morgan fingerprint density at radius 2 is 2.00 bits per heavy atom. The molecule has 2 rings (SSSR count). The fraction of sp³-hybridized carbons (Fsp3) is 0.214. The monoisotopic (exact) mass is 244 g/mol. The molecule has 0 aliphatic heterocycles. The highest BCUT2D eigenvalue weighted by Gasteiger charge is 2.11. The van der Waals surface area contributed by atoms with Crippen molar-refractivity contribution < 1.29 is 9.21 Å². The molecular formula is C14H16N2O2. The summed E-state index contributed by atoms with van der Waals surface area (Å²) in [5, 5.41) is 2.77. The molecular weight excluding hydrogens is 228 g/mol. The summed E-state index contributed by atoms with van der Waals surface area (Å²) in [7, 11) is 0.